The Morgan fingerprint density at radius 3 is 2.75 bits per heavy atom. The fourth-order valence-electron chi connectivity index (χ4n) is 0.465. The smallest absolute Gasteiger partial charge is 0.253 e. The fraction of sp³-hybridized carbons (Fsp3) is 0.750. The average Bonchev–Trinajstić information content (AvgIpc) is 2.12. The zero-order valence-corrected chi connectivity index (χ0v) is 4.85. The quantitative estimate of drug-likeness (QED) is 0.481. The molecule has 0 spiro atoms. The van der Waals surface area contributed by atoms with E-state index in [0.29, 0.717) is 6.61 Å². The van der Waals surface area contributed by atoms with Crippen molar-refractivity contribution >= 4 is 16.8 Å². The summed E-state index contributed by atoms with van der Waals surface area (Å²) in [5, 5.41) is -0.484. The molecule has 1 fully saturated rings. The topological polar surface area (TPSA) is 35.5 Å². The van der Waals surface area contributed by atoms with Crippen molar-refractivity contribution in [1.82, 2.24) is 0 Å². The Morgan fingerprint density at radius 1 is 1.75 bits per heavy atom. The molecule has 8 heavy (non-hydrogen) atoms. The van der Waals surface area contributed by atoms with E-state index in [9.17, 15) is 4.79 Å². The Hall–Kier alpha value is -0.120. The van der Waals surface area contributed by atoms with E-state index >= 15 is 0 Å². The molecule has 0 aromatic heterocycles. The molecule has 1 aliphatic heterocycles. The first-order valence-electron chi connectivity index (χ1n) is 2.19. The van der Waals surface area contributed by atoms with Gasteiger partial charge in [0.25, 0.3) is 5.24 Å². The van der Waals surface area contributed by atoms with Crippen LogP contribution in [0.2, 0.25) is 0 Å². The van der Waals surface area contributed by atoms with Crippen LogP contribution >= 0.6 is 11.6 Å². The summed E-state index contributed by atoms with van der Waals surface area (Å²) in [7, 11) is 0. The summed E-state index contributed by atoms with van der Waals surface area (Å²) >= 11 is 5.04. The second-order valence-corrected chi connectivity index (χ2v) is 1.82. The molecule has 0 amide bonds. The van der Waals surface area contributed by atoms with E-state index in [1.807, 2.05) is 0 Å². The predicted molar refractivity (Wildman–Crippen MR) is 26.6 cm³/mol. The number of rotatable bonds is 1. The Balaban J connectivity index is 2.35. The first-order chi connectivity index (χ1) is 3.80. The Labute approximate surface area is 51.5 Å². The molecule has 0 radical (unpaired) electrons. The van der Waals surface area contributed by atoms with E-state index in [4.69, 9.17) is 21.1 Å². The third-order valence-corrected chi connectivity index (χ3v) is 1.12. The monoisotopic (exact) mass is 136 g/mol. The molecule has 0 N–H and O–H groups in total. The number of halogens is 1. The van der Waals surface area contributed by atoms with Gasteiger partial charge in [0.05, 0.1) is 6.61 Å². The molecule has 3 nitrogen and oxygen atoms in total. The molecule has 4 heteroatoms. The maximum atomic E-state index is 10.2. The van der Waals surface area contributed by atoms with Gasteiger partial charge in [-0.2, -0.15) is 0 Å². The first-order valence-corrected chi connectivity index (χ1v) is 2.57. The van der Waals surface area contributed by atoms with Crippen molar-refractivity contribution in [3.05, 3.63) is 0 Å². The number of ether oxygens (including phenoxy) is 2. The third-order valence-electron chi connectivity index (χ3n) is 0.875. The van der Waals surface area contributed by atoms with Crippen LogP contribution in [0.15, 0.2) is 0 Å². The molecular weight excluding hydrogens is 131 g/mol. The number of carbonyl (C=O) groups is 1. The van der Waals surface area contributed by atoms with Crippen LogP contribution in [0, 0.1) is 0 Å². The van der Waals surface area contributed by atoms with Gasteiger partial charge in [0.15, 0.2) is 6.10 Å². The largest absolute Gasteiger partial charge is 0.352 e. The highest BCUT2D eigenvalue weighted by atomic mass is 35.5. The van der Waals surface area contributed by atoms with Crippen molar-refractivity contribution in [3.63, 3.8) is 0 Å². The summed E-state index contributed by atoms with van der Waals surface area (Å²) < 4.78 is 9.40. The highest BCUT2D eigenvalue weighted by molar-refractivity contribution is 6.64. The highest BCUT2D eigenvalue weighted by Gasteiger charge is 2.21. The third kappa shape index (κ3) is 1.18. The second-order valence-electron chi connectivity index (χ2n) is 1.45. The van der Waals surface area contributed by atoms with Crippen molar-refractivity contribution in [2.75, 3.05) is 13.4 Å². The maximum Gasteiger partial charge on any atom is 0.253 e. The molecule has 0 bridgehead atoms. The number of hydrogen-bond donors (Lipinski definition) is 0. The van der Waals surface area contributed by atoms with Crippen LogP contribution in [0.1, 0.15) is 0 Å². The molecule has 1 heterocycles. The summed E-state index contributed by atoms with van der Waals surface area (Å²) in [5.41, 5.74) is 0. The molecule has 1 atom stereocenters. The minimum atomic E-state index is -0.531. The maximum absolute atomic E-state index is 10.2. The van der Waals surface area contributed by atoms with Gasteiger partial charge in [-0.3, -0.25) is 4.79 Å². The van der Waals surface area contributed by atoms with Crippen molar-refractivity contribution in [2.45, 2.75) is 6.10 Å². The Morgan fingerprint density at radius 2 is 2.50 bits per heavy atom. The van der Waals surface area contributed by atoms with Gasteiger partial charge in [-0.1, -0.05) is 0 Å². The average molecular weight is 137 g/mol. The van der Waals surface area contributed by atoms with Gasteiger partial charge in [0, 0.05) is 0 Å². The summed E-state index contributed by atoms with van der Waals surface area (Å²) in [4.78, 5) is 10.2. The summed E-state index contributed by atoms with van der Waals surface area (Å²) in [6.45, 7) is 0.478. The van der Waals surface area contributed by atoms with Gasteiger partial charge in [-0.25, -0.2) is 0 Å². The van der Waals surface area contributed by atoms with Crippen LogP contribution in [0.25, 0.3) is 0 Å². The van der Waals surface area contributed by atoms with Crippen LogP contribution in [0.4, 0.5) is 0 Å². The lowest BCUT2D eigenvalue weighted by Gasteiger charge is -1.95. The number of hydrogen-bond acceptors (Lipinski definition) is 3. The van der Waals surface area contributed by atoms with Gasteiger partial charge in [0.1, 0.15) is 6.79 Å². The lowest BCUT2D eigenvalue weighted by atomic mass is 10.4. The highest BCUT2D eigenvalue weighted by Crippen LogP contribution is 2.05. The summed E-state index contributed by atoms with van der Waals surface area (Å²) in [6, 6.07) is 0. The van der Waals surface area contributed by atoms with E-state index in [0.717, 1.165) is 0 Å². The van der Waals surface area contributed by atoms with Gasteiger partial charge in [-0.15, -0.1) is 0 Å². The van der Waals surface area contributed by atoms with Crippen molar-refractivity contribution in [2.24, 2.45) is 0 Å². The molecule has 1 unspecified atom stereocenters. The van der Waals surface area contributed by atoms with Crippen molar-refractivity contribution in [1.29, 1.82) is 0 Å². The van der Waals surface area contributed by atoms with E-state index in [2.05, 4.69) is 0 Å². The van der Waals surface area contributed by atoms with Crippen LogP contribution < -0.4 is 0 Å². The van der Waals surface area contributed by atoms with Crippen LogP contribution in [0.3, 0.4) is 0 Å². The molecule has 1 aliphatic rings. The second kappa shape index (κ2) is 2.44. The fourth-order valence-corrected chi connectivity index (χ4v) is 0.591. The van der Waals surface area contributed by atoms with E-state index in [1.54, 1.807) is 0 Å². The molecular formula is C4H5ClO3. The Kier molecular flexibility index (Phi) is 1.83. The van der Waals surface area contributed by atoms with E-state index < -0.39 is 11.3 Å². The van der Waals surface area contributed by atoms with Gasteiger partial charge in [0.2, 0.25) is 0 Å². The SMILES string of the molecule is O=C(Cl)C1COCO1. The molecule has 1 rings (SSSR count). The summed E-state index contributed by atoms with van der Waals surface area (Å²) in [5.74, 6) is 0. The first kappa shape index (κ1) is 6.01. The minimum Gasteiger partial charge on any atom is -0.352 e. The zero-order valence-electron chi connectivity index (χ0n) is 4.09. The van der Waals surface area contributed by atoms with E-state index in [1.165, 1.54) is 0 Å². The molecule has 0 saturated carbocycles. The molecule has 0 aromatic rings. The molecule has 0 aliphatic carbocycles. The van der Waals surface area contributed by atoms with Gasteiger partial charge in [-0.05, 0) is 11.6 Å². The predicted octanol–water partition coefficient (Wildman–Crippen LogP) is 0.125. The number of carbonyl (C=O) groups excluding carboxylic acids is 1. The molecule has 1 saturated heterocycles. The lowest BCUT2D eigenvalue weighted by Crippen LogP contribution is -2.16. The van der Waals surface area contributed by atoms with E-state index in [-0.39, 0.29) is 6.79 Å². The van der Waals surface area contributed by atoms with Crippen LogP contribution in [-0.2, 0) is 14.3 Å². The van der Waals surface area contributed by atoms with Crippen LogP contribution in [0.5, 0.6) is 0 Å². The minimum absolute atomic E-state index is 0.184. The van der Waals surface area contributed by atoms with Crippen molar-refractivity contribution < 1.29 is 14.3 Å². The summed E-state index contributed by atoms with van der Waals surface area (Å²) in [6.07, 6.45) is -0.531. The lowest BCUT2D eigenvalue weighted by molar-refractivity contribution is -0.119. The normalized spacial score (nSPS) is 28.4. The van der Waals surface area contributed by atoms with Gasteiger partial charge >= 0.3 is 0 Å². The Bertz CT molecular complexity index is 97.5. The molecule has 46 valence electrons. The van der Waals surface area contributed by atoms with Gasteiger partial charge < -0.3 is 9.47 Å². The van der Waals surface area contributed by atoms with Crippen molar-refractivity contribution in [3.8, 4) is 0 Å². The molecule has 0 aromatic carbocycles. The zero-order chi connectivity index (χ0) is 5.98. The standard InChI is InChI=1S/C4H5ClO3/c5-4(6)3-1-7-2-8-3/h3H,1-2H2. The van der Waals surface area contributed by atoms with Crippen LogP contribution in [-0.4, -0.2) is 24.7 Å².